The van der Waals surface area contributed by atoms with Gasteiger partial charge in [-0.3, -0.25) is 4.79 Å². The summed E-state index contributed by atoms with van der Waals surface area (Å²) in [5.74, 6) is -2.74. The molecule has 2 rings (SSSR count). The van der Waals surface area contributed by atoms with Gasteiger partial charge in [-0.15, -0.1) is 0 Å². The number of carboxylic acid groups (broad SMARTS) is 1. The maximum absolute atomic E-state index is 13.6. The summed E-state index contributed by atoms with van der Waals surface area (Å²) in [7, 11) is 0. The smallest absolute Gasteiger partial charge is 0.335 e. The van der Waals surface area contributed by atoms with E-state index in [1.165, 1.54) is 30.3 Å². The number of benzene rings is 1. The van der Waals surface area contributed by atoms with Crippen LogP contribution in [-0.4, -0.2) is 22.0 Å². The fraction of sp³-hybridized carbons (Fsp3) is 0. The molecule has 102 valence electrons. The lowest BCUT2D eigenvalue weighted by Gasteiger charge is -2.06. The molecule has 1 heterocycles. The Labute approximate surface area is 118 Å². The van der Waals surface area contributed by atoms with Crippen LogP contribution in [0.15, 0.2) is 36.4 Å². The van der Waals surface area contributed by atoms with Crippen molar-refractivity contribution in [2.24, 2.45) is 0 Å². The van der Waals surface area contributed by atoms with E-state index in [1.807, 2.05) is 0 Å². The van der Waals surface area contributed by atoms with Crippen molar-refractivity contribution < 1.29 is 19.1 Å². The van der Waals surface area contributed by atoms with E-state index >= 15 is 0 Å². The Morgan fingerprint density at radius 3 is 2.60 bits per heavy atom. The van der Waals surface area contributed by atoms with Crippen LogP contribution in [0.4, 0.5) is 10.1 Å². The third-order valence-electron chi connectivity index (χ3n) is 2.41. The number of halogens is 2. The third-order valence-corrected chi connectivity index (χ3v) is 2.62. The van der Waals surface area contributed by atoms with Gasteiger partial charge in [0.15, 0.2) is 0 Å². The van der Waals surface area contributed by atoms with Crippen LogP contribution in [0, 0.1) is 5.82 Å². The molecule has 0 bridgehead atoms. The second kappa shape index (κ2) is 5.66. The molecule has 20 heavy (non-hydrogen) atoms. The summed E-state index contributed by atoms with van der Waals surface area (Å²) in [5.41, 5.74) is -0.317. The second-order valence-corrected chi connectivity index (χ2v) is 4.19. The molecule has 0 aliphatic rings. The Morgan fingerprint density at radius 1 is 1.25 bits per heavy atom. The van der Waals surface area contributed by atoms with Crippen LogP contribution in [0.1, 0.15) is 20.8 Å². The average molecular weight is 295 g/mol. The summed E-state index contributed by atoms with van der Waals surface area (Å²) in [6.07, 6.45) is 0. The first kappa shape index (κ1) is 14.0. The molecular formula is C13H8ClFN2O3. The number of amides is 1. The van der Waals surface area contributed by atoms with Crippen molar-refractivity contribution in [1.82, 2.24) is 4.98 Å². The zero-order valence-electron chi connectivity index (χ0n) is 9.93. The Bertz CT molecular complexity index is 691. The molecule has 7 heteroatoms. The Kier molecular flexibility index (Phi) is 3.95. The van der Waals surface area contributed by atoms with Gasteiger partial charge in [0.2, 0.25) is 0 Å². The van der Waals surface area contributed by atoms with Crippen molar-refractivity contribution in [3.63, 3.8) is 0 Å². The van der Waals surface area contributed by atoms with Crippen LogP contribution in [0.3, 0.4) is 0 Å². The first-order chi connectivity index (χ1) is 9.47. The fourth-order valence-corrected chi connectivity index (χ4v) is 1.63. The van der Waals surface area contributed by atoms with Crippen molar-refractivity contribution in [2.45, 2.75) is 0 Å². The maximum Gasteiger partial charge on any atom is 0.335 e. The first-order valence-electron chi connectivity index (χ1n) is 5.44. The number of carbonyl (C=O) groups excluding carboxylic acids is 1. The lowest BCUT2D eigenvalue weighted by atomic mass is 10.2. The molecule has 1 amide bonds. The van der Waals surface area contributed by atoms with Gasteiger partial charge in [0.25, 0.3) is 5.91 Å². The minimum atomic E-state index is -1.25. The lowest BCUT2D eigenvalue weighted by Crippen LogP contribution is -2.15. The number of aromatic nitrogens is 1. The highest BCUT2D eigenvalue weighted by Gasteiger charge is 2.13. The Hall–Kier alpha value is -2.47. The van der Waals surface area contributed by atoms with Gasteiger partial charge in [0.1, 0.15) is 16.7 Å². The molecular weight excluding hydrogens is 287 g/mol. The molecule has 0 atom stereocenters. The largest absolute Gasteiger partial charge is 0.478 e. The number of anilines is 1. The van der Waals surface area contributed by atoms with Gasteiger partial charge >= 0.3 is 5.97 Å². The zero-order chi connectivity index (χ0) is 14.7. The van der Waals surface area contributed by atoms with Gasteiger partial charge in [-0.2, -0.15) is 0 Å². The maximum atomic E-state index is 13.6. The summed E-state index contributed by atoms with van der Waals surface area (Å²) in [6.45, 7) is 0. The summed E-state index contributed by atoms with van der Waals surface area (Å²) < 4.78 is 13.6. The van der Waals surface area contributed by atoms with Gasteiger partial charge in [-0.1, -0.05) is 17.7 Å². The van der Waals surface area contributed by atoms with E-state index in [-0.39, 0.29) is 22.1 Å². The van der Waals surface area contributed by atoms with E-state index in [1.54, 1.807) is 0 Å². The number of pyridine rings is 1. The lowest BCUT2D eigenvalue weighted by molar-refractivity contribution is 0.0696. The van der Waals surface area contributed by atoms with Crippen LogP contribution in [0.25, 0.3) is 0 Å². The minimum Gasteiger partial charge on any atom is -0.478 e. The highest BCUT2D eigenvalue weighted by Crippen LogP contribution is 2.17. The number of nitrogens with one attached hydrogen (secondary N) is 1. The van der Waals surface area contributed by atoms with Crippen LogP contribution in [0.2, 0.25) is 5.15 Å². The number of carboxylic acids is 1. The molecule has 0 aliphatic carbocycles. The van der Waals surface area contributed by atoms with Crippen LogP contribution < -0.4 is 5.32 Å². The Morgan fingerprint density at radius 2 is 2.00 bits per heavy atom. The number of hydrogen-bond acceptors (Lipinski definition) is 3. The monoisotopic (exact) mass is 294 g/mol. The number of hydrogen-bond donors (Lipinski definition) is 2. The SMILES string of the molecule is O=C(O)c1ccc(NC(=O)c2cccc(Cl)n2)c(F)c1. The summed E-state index contributed by atoms with van der Waals surface area (Å²) >= 11 is 5.65. The minimum absolute atomic E-state index is 0.0270. The third kappa shape index (κ3) is 3.10. The highest BCUT2D eigenvalue weighted by atomic mass is 35.5. The quantitative estimate of drug-likeness (QED) is 0.853. The van der Waals surface area contributed by atoms with Crippen molar-refractivity contribution >= 4 is 29.2 Å². The normalized spacial score (nSPS) is 10.1. The molecule has 0 saturated carbocycles. The van der Waals surface area contributed by atoms with Gasteiger partial charge in [0.05, 0.1) is 11.3 Å². The zero-order valence-corrected chi connectivity index (χ0v) is 10.7. The fourth-order valence-electron chi connectivity index (χ4n) is 1.47. The predicted octanol–water partition coefficient (Wildman–Crippen LogP) is 2.82. The Balaban J connectivity index is 2.22. The predicted molar refractivity (Wildman–Crippen MR) is 70.6 cm³/mol. The second-order valence-electron chi connectivity index (χ2n) is 3.80. The standard InChI is InChI=1S/C13H8ClFN2O3/c14-11-3-1-2-10(16-11)12(18)17-9-5-4-7(13(19)20)6-8(9)15/h1-6H,(H,17,18)(H,19,20). The van der Waals surface area contributed by atoms with E-state index in [4.69, 9.17) is 16.7 Å². The van der Waals surface area contributed by atoms with Crippen molar-refractivity contribution in [3.8, 4) is 0 Å². The van der Waals surface area contributed by atoms with E-state index in [0.29, 0.717) is 0 Å². The molecule has 0 spiro atoms. The number of nitrogens with zero attached hydrogens (tertiary/aromatic N) is 1. The number of carbonyl (C=O) groups is 2. The van der Waals surface area contributed by atoms with Crippen molar-refractivity contribution in [1.29, 1.82) is 0 Å². The molecule has 0 radical (unpaired) electrons. The molecule has 0 saturated heterocycles. The summed E-state index contributed by atoms with van der Waals surface area (Å²) in [5, 5.41) is 11.1. The topological polar surface area (TPSA) is 79.3 Å². The summed E-state index contributed by atoms with van der Waals surface area (Å²) in [4.78, 5) is 26.3. The van der Waals surface area contributed by atoms with Gasteiger partial charge in [-0.25, -0.2) is 14.2 Å². The molecule has 2 aromatic rings. The molecule has 5 nitrogen and oxygen atoms in total. The highest BCUT2D eigenvalue weighted by molar-refractivity contribution is 6.29. The van der Waals surface area contributed by atoms with E-state index in [9.17, 15) is 14.0 Å². The van der Waals surface area contributed by atoms with Gasteiger partial charge in [-0.05, 0) is 30.3 Å². The van der Waals surface area contributed by atoms with Gasteiger partial charge < -0.3 is 10.4 Å². The number of aromatic carboxylic acids is 1. The molecule has 2 N–H and O–H groups in total. The molecule has 0 fully saturated rings. The average Bonchev–Trinajstić information content (AvgIpc) is 2.40. The van der Waals surface area contributed by atoms with E-state index in [0.717, 1.165) is 6.07 Å². The van der Waals surface area contributed by atoms with Gasteiger partial charge in [0, 0.05) is 0 Å². The molecule has 0 unspecified atom stereocenters. The van der Waals surface area contributed by atoms with Crippen molar-refractivity contribution in [2.75, 3.05) is 5.32 Å². The van der Waals surface area contributed by atoms with Crippen molar-refractivity contribution in [3.05, 3.63) is 58.6 Å². The van der Waals surface area contributed by atoms with Crippen LogP contribution >= 0.6 is 11.6 Å². The first-order valence-corrected chi connectivity index (χ1v) is 5.82. The van der Waals surface area contributed by atoms with E-state index in [2.05, 4.69) is 10.3 Å². The molecule has 0 aliphatic heterocycles. The summed E-state index contributed by atoms with van der Waals surface area (Å²) in [6, 6.07) is 7.64. The van der Waals surface area contributed by atoms with Crippen LogP contribution in [0.5, 0.6) is 0 Å². The number of rotatable bonds is 3. The van der Waals surface area contributed by atoms with E-state index < -0.39 is 17.7 Å². The van der Waals surface area contributed by atoms with Crippen LogP contribution in [-0.2, 0) is 0 Å². The molecule has 1 aromatic heterocycles. The molecule has 1 aromatic carbocycles.